The normalized spacial score (nSPS) is 14.5. The molecule has 0 aliphatic heterocycles. The quantitative estimate of drug-likeness (QED) is 0.845. The van der Waals surface area contributed by atoms with E-state index in [1.807, 2.05) is 31.2 Å². The van der Waals surface area contributed by atoms with Crippen LogP contribution in [0.3, 0.4) is 0 Å². The minimum atomic E-state index is -0.413. The SMILES string of the molecule is CC(=O)NC(CC(=O)Nc1nc2c(s1)C(=O)CCC2)c1ccc(C)cc1. The molecule has 1 aromatic heterocycles. The van der Waals surface area contributed by atoms with Crippen molar-refractivity contribution in [3.05, 3.63) is 46.0 Å². The van der Waals surface area contributed by atoms with Crippen LogP contribution < -0.4 is 10.6 Å². The molecule has 26 heavy (non-hydrogen) atoms. The number of carbonyl (C=O) groups excluding carboxylic acids is 3. The highest BCUT2D eigenvalue weighted by molar-refractivity contribution is 7.17. The number of nitrogens with one attached hydrogen (secondary N) is 2. The van der Waals surface area contributed by atoms with E-state index in [2.05, 4.69) is 15.6 Å². The topological polar surface area (TPSA) is 88.2 Å². The third kappa shape index (κ3) is 4.35. The van der Waals surface area contributed by atoms with Crippen molar-refractivity contribution < 1.29 is 14.4 Å². The molecule has 1 unspecified atom stereocenters. The van der Waals surface area contributed by atoms with Gasteiger partial charge in [-0.05, 0) is 25.3 Å². The van der Waals surface area contributed by atoms with E-state index in [0.29, 0.717) is 16.4 Å². The van der Waals surface area contributed by atoms with Crippen molar-refractivity contribution in [2.75, 3.05) is 5.32 Å². The fourth-order valence-electron chi connectivity index (χ4n) is 2.97. The summed E-state index contributed by atoms with van der Waals surface area (Å²) in [4.78, 5) is 40.9. The highest BCUT2D eigenvalue weighted by Gasteiger charge is 2.23. The lowest BCUT2D eigenvalue weighted by Gasteiger charge is -2.18. The molecular formula is C19H21N3O3S. The second-order valence-electron chi connectivity index (χ2n) is 6.49. The number of anilines is 1. The number of amides is 2. The number of Topliss-reactive ketones (excluding diaryl/α,β-unsaturated/α-hetero) is 1. The Morgan fingerprint density at radius 3 is 2.62 bits per heavy atom. The number of rotatable bonds is 5. The van der Waals surface area contributed by atoms with Gasteiger partial charge in [-0.15, -0.1) is 0 Å². The van der Waals surface area contributed by atoms with Crippen molar-refractivity contribution in [3.63, 3.8) is 0 Å². The predicted octanol–water partition coefficient (Wildman–Crippen LogP) is 3.18. The molecule has 2 N–H and O–H groups in total. The molecule has 7 heteroatoms. The number of nitrogens with zero attached hydrogens (tertiary/aromatic N) is 1. The van der Waals surface area contributed by atoms with Crippen LogP contribution in [0, 0.1) is 6.92 Å². The van der Waals surface area contributed by atoms with Gasteiger partial charge in [0.25, 0.3) is 0 Å². The molecule has 6 nitrogen and oxygen atoms in total. The summed E-state index contributed by atoms with van der Waals surface area (Å²) in [6.07, 6.45) is 2.22. The van der Waals surface area contributed by atoms with Crippen LogP contribution in [0.2, 0.25) is 0 Å². The van der Waals surface area contributed by atoms with Crippen molar-refractivity contribution in [2.24, 2.45) is 0 Å². The van der Waals surface area contributed by atoms with Gasteiger partial charge in [0.2, 0.25) is 11.8 Å². The van der Waals surface area contributed by atoms with Crippen LogP contribution in [0.1, 0.15) is 58.7 Å². The maximum Gasteiger partial charge on any atom is 0.228 e. The number of aryl methyl sites for hydroxylation is 2. The molecule has 0 radical (unpaired) electrons. The Labute approximate surface area is 156 Å². The fraction of sp³-hybridized carbons (Fsp3) is 0.368. The summed E-state index contributed by atoms with van der Waals surface area (Å²) >= 11 is 1.23. The zero-order chi connectivity index (χ0) is 18.7. The monoisotopic (exact) mass is 371 g/mol. The van der Waals surface area contributed by atoms with Crippen LogP contribution >= 0.6 is 11.3 Å². The molecule has 2 amide bonds. The largest absolute Gasteiger partial charge is 0.349 e. The average molecular weight is 371 g/mol. The van der Waals surface area contributed by atoms with Crippen LogP contribution in [0.4, 0.5) is 5.13 Å². The Morgan fingerprint density at radius 1 is 1.23 bits per heavy atom. The minimum Gasteiger partial charge on any atom is -0.349 e. The third-order valence-electron chi connectivity index (χ3n) is 4.26. The van der Waals surface area contributed by atoms with E-state index >= 15 is 0 Å². The Kier molecular flexibility index (Phi) is 5.46. The van der Waals surface area contributed by atoms with Gasteiger partial charge in [0, 0.05) is 13.3 Å². The lowest BCUT2D eigenvalue weighted by molar-refractivity contribution is -0.120. The molecule has 0 saturated carbocycles. The first kappa shape index (κ1) is 18.3. The summed E-state index contributed by atoms with van der Waals surface area (Å²) in [5.74, 6) is -0.346. The lowest BCUT2D eigenvalue weighted by Crippen LogP contribution is -2.29. The van der Waals surface area contributed by atoms with Crippen LogP contribution in [0.25, 0.3) is 0 Å². The Balaban J connectivity index is 1.70. The highest BCUT2D eigenvalue weighted by Crippen LogP contribution is 2.30. The van der Waals surface area contributed by atoms with Crippen molar-refractivity contribution in [1.82, 2.24) is 10.3 Å². The van der Waals surface area contributed by atoms with Gasteiger partial charge >= 0.3 is 0 Å². The van der Waals surface area contributed by atoms with Crippen LogP contribution in [-0.4, -0.2) is 22.6 Å². The number of benzene rings is 1. The number of hydrogen-bond donors (Lipinski definition) is 2. The highest BCUT2D eigenvalue weighted by atomic mass is 32.1. The fourth-order valence-corrected chi connectivity index (χ4v) is 3.97. The maximum absolute atomic E-state index is 12.5. The van der Waals surface area contributed by atoms with Gasteiger partial charge < -0.3 is 10.6 Å². The number of thiazole rings is 1. The van der Waals surface area contributed by atoms with Crippen molar-refractivity contribution >= 4 is 34.1 Å². The number of fused-ring (bicyclic) bond motifs is 1. The van der Waals surface area contributed by atoms with E-state index in [4.69, 9.17) is 0 Å². The Hall–Kier alpha value is -2.54. The molecule has 3 rings (SSSR count). The molecule has 1 atom stereocenters. The summed E-state index contributed by atoms with van der Waals surface area (Å²) in [6, 6.07) is 7.29. The summed E-state index contributed by atoms with van der Waals surface area (Å²) in [5.41, 5.74) is 2.76. The van der Waals surface area contributed by atoms with Crippen molar-refractivity contribution in [1.29, 1.82) is 0 Å². The van der Waals surface area contributed by atoms with E-state index in [9.17, 15) is 14.4 Å². The number of hydrogen-bond acceptors (Lipinski definition) is 5. The van der Waals surface area contributed by atoms with Gasteiger partial charge in [-0.3, -0.25) is 14.4 Å². The zero-order valence-corrected chi connectivity index (χ0v) is 15.6. The van der Waals surface area contributed by atoms with Crippen LogP contribution in [0.5, 0.6) is 0 Å². The first-order valence-electron chi connectivity index (χ1n) is 8.59. The summed E-state index contributed by atoms with van der Waals surface area (Å²) in [5, 5.41) is 6.03. The first-order valence-corrected chi connectivity index (χ1v) is 9.40. The van der Waals surface area contributed by atoms with Crippen molar-refractivity contribution in [2.45, 2.75) is 45.6 Å². The number of ketones is 1. The molecule has 2 aromatic rings. The second-order valence-corrected chi connectivity index (χ2v) is 7.49. The minimum absolute atomic E-state index is 0.0972. The smallest absolute Gasteiger partial charge is 0.228 e. The molecule has 0 fully saturated rings. The van der Waals surface area contributed by atoms with Gasteiger partial charge in [0.05, 0.1) is 23.0 Å². The predicted molar refractivity (Wildman–Crippen MR) is 100 cm³/mol. The van der Waals surface area contributed by atoms with E-state index in [-0.39, 0.29) is 24.0 Å². The summed E-state index contributed by atoms with van der Waals surface area (Å²) in [6.45, 7) is 3.41. The van der Waals surface area contributed by atoms with Crippen LogP contribution in [-0.2, 0) is 16.0 Å². The van der Waals surface area contributed by atoms with Gasteiger partial charge in [0.15, 0.2) is 10.9 Å². The molecular weight excluding hydrogens is 350 g/mol. The molecule has 136 valence electrons. The average Bonchev–Trinajstić information content (AvgIpc) is 2.98. The Morgan fingerprint density at radius 2 is 1.96 bits per heavy atom. The van der Waals surface area contributed by atoms with Crippen molar-refractivity contribution in [3.8, 4) is 0 Å². The molecule has 0 saturated heterocycles. The molecule has 1 heterocycles. The standard InChI is InChI=1S/C19H21N3O3S/c1-11-6-8-13(9-7-11)15(20-12(2)23)10-17(25)22-19-21-14-4-3-5-16(24)18(14)26-19/h6-9,15H,3-5,10H2,1-2H3,(H,20,23)(H,21,22,25). The summed E-state index contributed by atoms with van der Waals surface area (Å²) in [7, 11) is 0. The molecule has 1 aromatic carbocycles. The number of aromatic nitrogens is 1. The summed E-state index contributed by atoms with van der Waals surface area (Å²) < 4.78 is 0. The van der Waals surface area contributed by atoms with E-state index in [0.717, 1.165) is 29.7 Å². The maximum atomic E-state index is 12.5. The zero-order valence-electron chi connectivity index (χ0n) is 14.8. The first-order chi connectivity index (χ1) is 12.4. The molecule has 0 spiro atoms. The number of carbonyl (C=O) groups is 3. The third-order valence-corrected chi connectivity index (χ3v) is 5.32. The van der Waals surface area contributed by atoms with E-state index in [1.54, 1.807) is 0 Å². The lowest BCUT2D eigenvalue weighted by atomic mass is 10.0. The Bertz CT molecular complexity index is 842. The van der Waals surface area contributed by atoms with E-state index in [1.165, 1.54) is 18.3 Å². The van der Waals surface area contributed by atoms with E-state index < -0.39 is 6.04 Å². The van der Waals surface area contributed by atoms with Gasteiger partial charge in [-0.1, -0.05) is 41.2 Å². The van der Waals surface area contributed by atoms with Gasteiger partial charge in [-0.25, -0.2) is 4.98 Å². The molecule has 0 bridgehead atoms. The van der Waals surface area contributed by atoms with Crippen LogP contribution in [0.15, 0.2) is 24.3 Å². The van der Waals surface area contributed by atoms with Gasteiger partial charge in [-0.2, -0.15) is 0 Å². The molecule has 1 aliphatic carbocycles. The second kappa shape index (κ2) is 7.78. The van der Waals surface area contributed by atoms with Gasteiger partial charge in [0.1, 0.15) is 0 Å². The molecule has 1 aliphatic rings.